The minimum Gasteiger partial charge on any atom is -0.330 e. The van der Waals surface area contributed by atoms with Crippen molar-refractivity contribution in [1.29, 1.82) is 0 Å². The maximum Gasteiger partial charge on any atom is 0.0456 e. The van der Waals surface area contributed by atoms with Gasteiger partial charge in [-0.25, -0.2) is 0 Å². The molecule has 0 bridgehead atoms. The van der Waals surface area contributed by atoms with Gasteiger partial charge in [0.05, 0.1) is 0 Å². The van der Waals surface area contributed by atoms with E-state index in [2.05, 4.69) is 13.8 Å². The molecule has 2 atom stereocenters. The van der Waals surface area contributed by atoms with Crippen molar-refractivity contribution in [2.24, 2.45) is 11.7 Å². The highest BCUT2D eigenvalue weighted by Gasteiger charge is 2.21. The van der Waals surface area contributed by atoms with Crippen LogP contribution in [-0.2, 0) is 0 Å². The van der Waals surface area contributed by atoms with E-state index >= 15 is 0 Å². The van der Waals surface area contributed by atoms with Gasteiger partial charge in [-0.3, -0.25) is 0 Å². The molecule has 1 nitrogen and oxygen atoms in total. The summed E-state index contributed by atoms with van der Waals surface area (Å²) in [4.78, 5) is 0. The highest BCUT2D eigenvalue weighted by atomic mass is 35.5. The summed E-state index contributed by atoms with van der Waals surface area (Å²) in [6, 6.07) is 5.60. The Morgan fingerprint density at radius 3 is 2.20 bits per heavy atom. The number of rotatable bonds is 4. The van der Waals surface area contributed by atoms with E-state index in [1.165, 1.54) is 0 Å². The van der Waals surface area contributed by atoms with Crippen molar-refractivity contribution in [3.63, 3.8) is 0 Å². The first-order valence-corrected chi connectivity index (χ1v) is 6.01. The van der Waals surface area contributed by atoms with Crippen LogP contribution in [0.4, 0.5) is 0 Å². The minimum atomic E-state index is 0.246. The normalized spacial score (nSPS) is 15.0. The Balaban J connectivity index is 3.11. The molecular weight excluding hydrogens is 229 g/mol. The van der Waals surface area contributed by atoms with Gasteiger partial charge in [0.25, 0.3) is 0 Å². The molecule has 0 aliphatic heterocycles. The third-order valence-corrected chi connectivity index (χ3v) is 3.61. The summed E-state index contributed by atoms with van der Waals surface area (Å²) >= 11 is 12.3. The Labute approximate surface area is 102 Å². The summed E-state index contributed by atoms with van der Waals surface area (Å²) in [6.07, 6.45) is 1.07. The molecule has 0 saturated carbocycles. The van der Waals surface area contributed by atoms with Crippen LogP contribution in [0.15, 0.2) is 18.2 Å². The zero-order valence-corrected chi connectivity index (χ0v) is 10.6. The van der Waals surface area contributed by atoms with Crippen LogP contribution in [0.5, 0.6) is 0 Å². The smallest absolute Gasteiger partial charge is 0.0456 e. The molecule has 0 aliphatic carbocycles. The fraction of sp³-hybridized carbons (Fsp3) is 0.500. The van der Waals surface area contributed by atoms with Crippen molar-refractivity contribution in [3.8, 4) is 0 Å². The molecule has 0 heterocycles. The Morgan fingerprint density at radius 2 is 1.80 bits per heavy atom. The van der Waals surface area contributed by atoms with Crippen LogP contribution >= 0.6 is 23.2 Å². The number of halogens is 2. The molecule has 1 aromatic carbocycles. The van der Waals surface area contributed by atoms with Crippen LogP contribution in [0.2, 0.25) is 10.0 Å². The molecule has 3 heteroatoms. The van der Waals surface area contributed by atoms with Gasteiger partial charge < -0.3 is 5.73 Å². The fourth-order valence-corrected chi connectivity index (χ4v) is 2.46. The second-order valence-corrected chi connectivity index (χ2v) is 4.68. The number of benzene rings is 1. The van der Waals surface area contributed by atoms with Crippen molar-refractivity contribution in [1.82, 2.24) is 0 Å². The van der Waals surface area contributed by atoms with Crippen molar-refractivity contribution < 1.29 is 0 Å². The van der Waals surface area contributed by atoms with E-state index in [1.54, 1.807) is 0 Å². The van der Waals surface area contributed by atoms with Gasteiger partial charge in [0.2, 0.25) is 0 Å². The molecule has 15 heavy (non-hydrogen) atoms. The van der Waals surface area contributed by atoms with E-state index in [-0.39, 0.29) is 5.92 Å². The molecule has 0 amide bonds. The molecule has 1 aromatic rings. The maximum atomic E-state index is 6.16. The van der Waals surface area contributed by atoms with Crippen LogP contribution in [-0.4, -0.2) is 6.54 Å². The first kappa shape index (κ1) is 12.8. The van der Waals surface area contributed by atoms with E-state index < -0.39 is 0 Å². The Kier molecular flexibility index (Phi) is 4.91. The maximum absolute atomic E-state index is 6.16. The van der Waals surface area contributed by atoms with Crippen molar-refractivity contribution in [2.45, 2.75) is 26.2 Å². The van der Waals surface area contributed by atoms with Gasteiger partial charge in [-0.15, -0.1) is 0 Å². The van der Waals surface area contributed by atoms with Gasteiger partial charge in [0, 0.05) is 16.0 Å². The molecule has 2 unspecified atom stereocenters. The topological polar surface area (TPSA) is 26.0 Å². The zero-order valence-electron chi connectivity index (χ0n) is 9.13. The van der Waals surface area contributed by atoms with Crippen molar-refractivity contribution in [3.05, 3.63) is 33.8 Å². The zero-order chi connectivity index (χ0) is 11.4. The Hall–Kier alpha value is -0.240. The second-order valence-electron chi connectivity index (χ2n) is 3.86. The van der Waals surface area contributed by atoms with Gasteiger partial charge in [-0.1, -0.05) is 49.5 Å². The van der Waals surface area contributed by atoms with E-state index in [9.17, 15) is 0 Å². The molecule has 1 rings (SSSR count). The number of hydrogen-bond donors (Lipinski definition) is 1. The van der Waals surface area contributed by atoms with E-state index in [4.69, 9.17) is 28.9 Å². The first-order chi connectivity index (χ1) is 7.11. The van der Waals surface area contributed by atoms with E-state index in [0.717, 1.165) is 22.0 Å². The average Bonchev–Trinajstić information content (AvgIpc) is 2.22. The van der Waals surface area contributed by atoms with Crippen LogP contribution in [0.25, 0.3) is 0 Å². The number of hydrogen-bond acceptors (Lipinski definition) is 1. The highest BCUT2D eigenvalue weighted by molar-refractivity contribution is 6.36. The van der Waals surface area contributed by atoms with Crippen molar-refractivity contribution in [2.75, 3.05) is 6.54 Å². The standard InChI is InChI=1S/C12H17Cl2N/c1-3-8(2)9(7-15)12-10(13)5-4-6-11(12)14/h4-6,8-9H,3,7,15H2,1-2H3. The van der Waals surface area contributed by atoms with Gasteiger partial charge in [-0.05, 0) is 30.2 Å². The number of nitrogens with two attached hydrogens (primary N) is 1. The molecule has 0 radical (unpaired) electrons. The summed E-state index contributed by atoms with van der Waals surface area (Å²) < 4.78 is 0. The molecular formula is C12H17Cl2N. The predicted octanol–water partition coefficient (Wildman–Crippen LogP) is 4.08. The highest BCUT2D eigenvalue weighted by Crippen LogP contribution is 2.36. The predicted molar refractivity (Wildman–Crippen MR) is 67.7 cm³/mol. The van der Waals surface area contributed by atoms with E-state index in [1.807, 2.05) is 18.2 Å². The van der Waals surface area contributed by atoms with Gasteiger partial charge in [0.1, 0.15) is 0 Å². The Bertz CT molecular complexity index is 305. The van der Waals surface area contributed by atoms with Crippen LogP contribution < -0.4 is 5.73 Å². The lowest BCUT2D eigenvalue weighted by Gasteiger charge is -2.23. The summed E-state index contributed by atoms with van der Waals surface area (Å²) in [5, 5.41) is 1.44. The third-order valence-electron chi connectivity index (χ3n) is 2.96. The summed E-state index contributed by atoms with van der Waals surface area (Å²) in [6.45, 7) is 4.91. The largest absolute Gasteiger partial charge is 0.330 e. The summed E-state index contributed by atoms with van der Waals surface area (Å²) in [5.74, 6) is 0.739. The van der Waals surface area contributed by atoms with Gasteiger partial charge in [0.15, 0.2) is 0 Å². The third kappa shape index (κ3) is 2.87. The molecule has 84 valence electrons. The van der Waals surface area contributed by atoms with Crippen LogP contribution in [0.3, 0.4) is 0 Å². The summed E-state index contributed by atoms with van der Waals surface area (Å²) in [7, 11) is 0. The Morgan fingerprint density at radius 1 is 1.27 bits per heavy atom. The molecule has 0 spiro atoms. The second kappa shape index (κ2) is 5.74. The SMILES string of the molecule is CCC(C)C(CN)c1c(Cl)cccc1Cl. The lowest BCUT2D eigenvalue weighted by atomic mass is 9.85. The quantitative estimate of drug-likeness (QED) is 0.850. The van der Waals surface area contributed by atoms with Crippen LogP contribution in [0.1, 0.15) is 31.7 Å². The monoisotopic (exact) mass is 245 g/mol. The molecule has 0 fully saturated rings. The van der Waals surface area contributed by atoms with Gasteiger partial charge >= 0.3 is 0 Å². The fourth-order valence-electron chi connectivity index (χ4n) is 1.78. The lowest BCUT2D eigenvalue weighted by Crippen LogP contribution is -2.20. The van der Waals surface area contributed by atoms with Crippen molar-refractivity contribution >= 4 is 23.2 Å². The first-order valence-electron chi connectivity index (χ1n) is 5.25. The molecule has 0 aliphatic rings. The van der Waals surface area contributed by atoms with Crippen LogP contribution in [0, 0.1) is 5.92 Å². The molecule has 0 saturated heterocycles. The minimum absolute atomic E-state index is 0.246. The van der Waals surface area contributed by atoms with E-state index in [0.29, 0.717) is 12.5 Å². The van der Waals surface area contributed by atoms with Gasteiger partial charge in [-0.2, -0.15) is 0 Å². The molecule has 2 N–H and O–H groups in total. The average molecular weight is 246 g/mol. The molecule has 0 aromatic heterocycles. The summed E-state index contributed by atoms with van der Waals surface area (Å²) in [5.41, 5.74) is 6.80. The lowest BCUT2D eigenvalue weighted by molar-refractivity contribution is 0.452.